The fraction of sp³-hybridized carbons (Fsp3) is 0.269. The lowest BCUT2D eigenvalue weighted by Crippen LogP contribution is -2.25. The van der Waals surface area contributed by atoms with Gasteiger partial charge in [-0.2, -0.15) is 10.2 Å². The Balaban J connectivity index is 0.000000153. The van der Waals surface area contributed by atoms with Crippen LogP contribution >= 0.6 is 31.9 Å². The molecule has 372 valence electrons. The van der Waals surface area contributed by atoms with Gasteiger partial charge in [0.2, 0.25) is 0 Å². The van der Waals surface area contributed by atoms with Crippen molar-refractivity contribution in [3.63, 3.8) is 0 Å². The van der Waals surface area contributed by atoms with Crippen LogP contribution in [0.3, 0.4) is 0 Å². The fourth-order valence-electron chi connectivity index (χ4n) is 8.60. The predicted molar refractivity (Wildman–Crippen MR) is 264 cm³/mol. The maximum atomic E-state index is 13.5. The molecule has 1 aliphatic carbocycles. The number of hydrogen-bond acceptors (Lipinski definition) is 11. The Hall–Kier alpha value is -7.46. The van der Waals surface area contributed by atoms with Crippen LogP contribution in [-0.4, -0.2) is 55.3 Å². The van der Waals surface area contributed by atoms with Gasteiger partial charge in [-0.3, -0.25) is 9.36 Å². The first kappa shape index (κ1) is 49.1. The zero-order chi connectivity index (χ0) is 51.4. The van der Waals surface area contributed by atoms with Gasteiger partial charge in [0.05, 0.1) is 11.4 Å². The number of nitrogens with zero attached hydrogens (tertiary/aromatic N) is 8. The molecular formula is C52H40Br2F4N8O7. The summed E-state index contributed by atoms with van der Waals surface area (Å²) in [6.07, 6.45) is -3.25. The molecule has 1 saturated carbocycles. The molecule has 0 atom stereocenters. The number of aromatic nitrogens is 6. The molecule has 2 fully saturated rings. The van der Waals surface area contributed by atoms with E-state index in [-0.39, 0.29) is 29.5 Å². The standard InChI is InChI=1S/C25H17BrF2N4O3.C23H15BrF2N4O3.C4H8O/c1-13-30-22(14-4-7-19-20(10-14)35-25(27,28)34-19)23(33-13)17-11-15(26)5-6-16(17)18-12-21(31-32(18)3)24(29-2)8-9-24;1-12-28-21(13-4-7-19-20(8-13)33-23(25,26)32-19)22(31-12)17-9-14(24)5-6-16(17)18-10-15(11-27-2)29-30(18)3;1-2-4-5-3-1/h4-7,10-12H,8-9H2,1,3H3;4-10H,11H2,1,3H3;1-4H2. The van der Waals surface area contributed by atoms with Gasteiger partial charge in [0, 0.05) is 96.3 Å². The lowest BCUT2D eigenvalue weighted by Gasteiger charge is -2.10. The number of oxazole rings is 2. The Morgan fingerprint density at radius 3 is 1.53 bits per heavy atom. The molecule has 1 saturated heterocycles. The molecule has 0 unspecified atom stereocenters. The first-order valence-electron chi connectivity index (χ1n) is 22.6. The van der Waals surface area contributed by atoms with Crippen LogP contribution in [0.25, 0.3) is 77.4 Å². The van der Waals surface area contributed by atoms with E-state index >= 15 is 0 Å². The minimum absolute atomic E-state index is 0.0418. The maximum Gasteiger partial charge on any atom is 0.586 e. The maximum absolute atomic E-state index is 13.5. The Morgan fingerprint density at radius 2 is 1.08 bits per heavy atom. The minimum atomic E-state index is -3.71. The highest BCUT2D eigenvalue weighted by atomic mass is 79.9. The number of ether oxygens (including phenoxy) is 5. The van der Waals surface area contributed by atoms with Crippen LogP contribution in [0, 0.1) is 27.0 Å². The van der Waals surface area contributed by atoms with Gasteiger partial charge in [-0.15, -0.1) is 17.6 Å². The fourth-order valence-corrected chi connectivity index (χ4v) is 9.32. The minimum Gasteiger partial charge on any atom is -0.440 e. The molecule has 21 heteroatoms. The summed E-state index contributed by atoms with van der Waals surface area (Å²) in [6, 6.07) is 24.3. The van der Waals surface area contributed by atoms with E-state index in [9.17, 15) is 17.6 Å². The Labute approximate surface area is 431 Å². The SMILES string of the molecule is C1CCOC1.[C-]#[N+]C1(c2cc(-c3ccc(Br)cc3-c3oc(C)nc3-c3ccc4c(c3)OC(F)(F)O4)n(C)n2)CC1.[C-]#[N+]Cc1cc(-c2ccc(Br)cc2-c2oc(C)nc2-c2ccc3c(c2)OC(F)(F)O3)n(C)n1. The second kappa shape index (κ2) is 19.2. The summed E-state index contributed by atoms with van der Waals surface area (Å²) < 4.78 is 94.4. The van der Waals surface area contributed by atoms with Gasteiger partial charge in [-0.25, -0.2) is 23.1 Å². The monoisotopic (exact) mass is 1120 g/mol. The van der Waals surface area contributed by atoms with E-state index in [1.165, 1.54) is 37.1 Å². The van der Waals surface area contributed by atoms with Gasteiger partial charge < -0.3 is 42.2 Å². The lowest BCUT2D eigenvalue weighted by molar-refractivity contribution is -0.287. The van der Waals surface area contributed by atoms with Crippen LogP contribution in [0.2, 0.25) is 0 Å². The molecule has 15 nitrogen and oxygen atoms in total. The van der Waals surface area contributed by atoms with E-state index in [0.29, 0.717) is 51.5 Å². The second-order valence-electron chi connectivity index (χ2n) is 17.3. The van der Waals surface area contributed by atoms with E-state index in [2.05, 4.69) is 80.7 Å². The van der Waals surface area contributed by atoms with Gasteiger partial charge in [0.1, 0.15) is 22.8 Å². The summed E-state index contributed by atoms with van der Waals surface area (Å²) in [4.78, 5) is 16.3. The topological polar surface area (TPSA) is 143 Å². The number of halogens is 6. The van der Waals surface area contributed by atoms with Crippen LogP contribution < -0.4 is 18.9 Å². The summed E-state index contributed by atoms with van der Waals surface area (Å²) in [7, 11) is 3.65. The van der Waals surface area contributed by atoms with Crippen LogP contribution in [0.15, 0.2) is 103 Å². The smallest absolute Gasteiger partial charge is 0.440 e. The third-order valence-electron chi connectivity index (χ3n) is 12.1. The summed E-state index contributed by atoms with van der Waals surface area (Å²) in [5.74, 6) is 1.52. The van der Waals surface area contributed by atoms with Crippen molar-refractivity contribution in [1.82, 2.24) is 29.5 Å². The normalized spacial score (nSPS) is 15.9. The van der Waals surface area contributed by atoms with Crippen molar-refractivity contribution in [1.29, 1.82) is 0 Å². The van der Waals surface area contributed by atoms with Crippen LogP contribution in [-0.2, 0) is 30.9 Å². The number of alkyl halides is 4. The molecule has 4 aliphatic rings. The van der Waals surface area contributed by atoms with E-state index in [4.69, 9.17) is 26.7 Å². The molecular weight excluding hydrogens is 1080 g/mol. The summed E-state index contributed by atoms with van der Waals surface area (Å²) >= 11 is 7.05. The molecule has 0 amide bonds. The van der Waals surface area contributed by atoms with Gasteiger partial charge in [-0.05, 0) is 85.6 Å². The molecule has 7 heterocycles. The van der Waals surface area contributed by atoms with Crippen molar-refractivity contribution in [2.75, 3.05) is 13.2 Å². The predicted octanol–water partition coefficient (Wildman–Crippen LogP) is 13.7. The molecule has 8 aromatic rings. The van der Waals surface area contributed by atoms with Crippen molar-refractivity contribution < 1.29 is 50.1 Å². The molecule has 4 aromatic carbocycles. The highest BCUT2D eigenvalue weighted by Gasteiger charge is 2.55. The molecule has 0 bridgehead atoms. The lowest BCUT2D eigenvalue weighted by atomic mass is 9.98. The van der Waals surface area contributed by atoms with Crippen LogP contribution in [0.1, 0.15) is 48.9 Å². The third-order valence-corrected chi connectivity index (χ3v) is 13.1. The third kappa shape index (κ3) is 10.0. The molecule has 4 aromatic heterocycles. The van der Waals surface area contributed by atoms with E-state index in [1.807, 2.05) is 55.6 Å². The molecule has 0 spiro atoms. The number of benzene rings is 4. The number of hydrogen-bond donors (Lipinski definition) is 0. The van der Waals surface area contributed by atoms with Gasteiger partial charge in [0.25, 0.3) is 12.1 Å². The van der Waals surface area contributed by atoms with E-state index < -0.39 is 18.1 Å². The van der Waals surface area contributed by atoms with E-state index in [1.54, 1.807) is 42.4 Å². The highest BCUT2D eigenvalue weighted by Crippen LogP contribution is 2.51. The first-order valence-corrected chi connectivity index (χ1v) is 24.2. The Morgan fingerprint density at radius 1 is 0.603 bits per heavy atom. The molecule has 3 aliphatic heterocycles. The summed E-state index contributed by atoms with van der Waals surface area (Å²) in [5.41, 5.74) is 7.62. The Kier molecular flexibility index (Phi) is 12.9. The Bertz CT molecular complexity index is 3520. The average molecular weight is 1120 g/mol. The van der Waals surface area contributed by atoms with Gasteiger partial charge in [0.15, 0.2) is 46.3 Å². The van der Waals surface area contributed by atoms with Crippen molar-refractivity contribution in [2.24, 2.45) is 14.1 Å². The van der Waals surface area contributed by atoms with Crippen molar-refractivity contribution >= 4 is 31.9 Å². The first-order chi connectivity index (χ1) is 34.9. The number of rotatable bonds is 8. The highest BCUT2D eigenvalue weighted by molar-refractivity contribution is 9.10. The van der Waals surface area contributed by atoms with Gasteiger partial charge in [-0.1, -0.05) is 44.0 Å². The molecule has 0 N–H and O–H groups in total. The van der Waals surface area contributed by atoms with Crippen molar-refractivity contribution in [3.05, 3.63) is 140 Å². The zero-order valence-electron chi connectivity index (χ0n) is 39.2. The zero-order valence-corrected chi connectivity index (χ0v) is 42.4. The largest absolute Gasteiger partial charge is 0.586 e. The van der Waals surface area contributed by atoms with Gasteiger partial charge >= 0.3 is 12.6 Å². The number of aryl methyl sites for hydroxylation is 4. The van der Waals surface area contributed by atoms with Crippen LogP contribution in [0.5, 0.6) is 23.0 Å². The average Bonchev–Trinajstić information content (AvgIpc) is 4.10. The van der Waals surface area contributed by atoms with E-state index in [0.717, 1.165) is 74.3 Å². The van der Waals surface area contributed by atoms with Crippen molar-refractivity contribution in [3.8, 4) is 90.7 Å². The molecule has 73 heavy (non-hydrogen) atoms. The summed E-state index contributed by atoms with van der Waals surface area (Å²) in [5, 5.41) is 9.05. The molecule has 12 rings (SSSR count). The number of fused-ring (bicyclic) bond motifs is 2. The molecule has 0 radical (unpaired) electrons. The van der Waals surface area contributed by atoms with Crippen LogP contribution in [0.4, 0.5) is 17.6 Å². The second-order valence-corrected chi connectivity index (χ2v) is 19.2. The van der Waals surface area contributed by atoms with Crippen molar-refractivity contribution in [2.45, 2.75) is 64.2 Å². The summed E-state index contributed by atoms with van der Waals surface area (Å²) in [6.45, 7) is 20.3. The quantitative estimate of drug-likeness (QED) is 0.106.